The monoisotopic (exact) mass is 498 g/mol. The summed E-state index contributed by atoms with van der Waals surface area (Å²) < 4.78 is 29.2. The molecule has 3 aromatic rings. The van der Waals surface area contributed by atoms with Crippen molar-refractivity contribution in [2.45, 2.75) is 53.5 Å². The molecule has 2 N–H and O–H groups in total. The van der Waals surface area contributed by atoms with E-state index in [2.05, 4.69) is 16.6 Å². The van der Waals surface area contributed by atoms with Crippen LogP contribution in [0.3, 0.4) is 0 Å². The van der Waals surface area contributed by atoms with Crippen molar-refractivity contribution in [1.82, 2.24) is 4.98 Å². The van der Waals surface area contributed by atoms with Crippen LogP contribution in [0.4, 0.5) is 5.69 Å². The number of hydrogen-bond acceptors (Lipinski definition) is 6. The Morgan fingerprint density at radius 3 is 2.61 bits per heavy atom. The van der Waals surface area contributed by atoms with E-state index in [-0.39, 0.29) is 4.90 Å². The zero-order chi connectivity index (χ0) is 22.4. The first-order chi connectivity index (χ1) is 14.8. The van der Waals surface area contributed by atoms with Crippen LogP contribution < -0.4 is 4.72 Å². The lowest BCUT2D eigenvalue weighted by Crippen LogP contribution is -2.15. The molecule has 166 valence electrons. The highest BCUT2D eigenvalue weighted by Gasteiger charge is 2.21. The number of aromatic nitrogens is 1. The van der Waals surface area contributed by atoms with Gasteiger partial charge in [0.15, 0.2) is 4.34 Å². The normalized spacial score (nSPS) is 12.7. The number of rotatable bonds is 11. The maximum Gasteiger partial charge on any atom is 0.317 e. The van der Waals surface area contributed by atoms with E-state index in [4.69, 9.17) is 11.6 Å². The first kappa shape index (κ1) is 23.8. The molecule has 6 nitrogen and oxygen atoms in total. The molecule has 3 rings (SSSR count). The van der Waals surface area contributed by atoms with E-state index in [9.17, 15) is 18.3 Å². The van der Waals surface area contributed by atoms with Gasteiger partial charge in [0.2, 0.25) is 0 Å². The van der Waals surface area contributed by atoms with Gasteiger partial charge >= 0.3 is 5.97 Å². The molecule has 0 saturated carbocycles. The number of thioether (sulfide) groups is 1. The van der Waals surface area contributed by atoms with Crippen molar-refractivity contribution in [2.75, 3.05) is 4.72 Å². The molecule has 2 aromatic carbocycles. The number of carboxylic acid groups (broad SMARTS) is 1. The topological polar surface area (TPSA) is 96.4 Å². The van der Waals surface area contributed by atoms with Crippen LogP contribution in [0.5, 0.6) is 0 Å². The summed E-state index contributed by atoms with van der Waals surface area (Å²) in [4.78, 5) is 16.2. The summed E-state index contributed by atoms with van der Waals surface area (Å²) in [5.74, 6) is -0.836. The third kappa shape index (κ3) is 6.58. The summed E-state index contributed by atoms with van der Waals surface area (Å²) >= 11 is 8.44. The predicted molar refractivity (Wildman–Crippen MR) is 128 cm³/mol. The molecule has 1 atom stereocenters. The van der Waals surface area contributed by atoms with Crippen molar-refractivity contribution in [3.05, 3.63) is 47.5 Å². The second kappa shape index (κ2) is 10.7. The molecule has 0 aliphatic rings. The minimum absolute atomic E-state index is 0.116. The summed E-state index contributed by atoms with van der Waals surface area (Å²) in [5.41, 5.74) is 1.12. The molecule has 0 fully saturated rings. The Bertz CT molecular complexity index is 1150. The molecule has 1 aromatic heterocycles. The lowest BCUT2D eigenvalue weighted by molar-refractivity contribution is -0.136. The molecule has 0 aliphatic heterocycles. The third-order valence-electron chi connectivity index (χ3n) is 4.58. The van der Waals surface area contributed by atoms with Crippen LogP contribution in [-0.4, -0.2) is 29.7 Å². The zero-order valence-electron chi connectivity index (χ0n) is 16.9. The maximum atomic E-state index is 12.6. The van der Waals surface area contributed by atoms with Gasteiger partial charge in [-0.1, -0.05) is 56.0 Å². The molecule has 0 bridgehead atoms. The number of nitrogens with one attached hydrogen (secondary N) is 1. The van der Waals surface area contributed by atoms with Crippen LogP contribution in [-0.2, 0) is 14.8 Å². The van der Waals surface area contributed by atoms with Crippen LogP contribution in [0.1, 0.15) is 39.0 Å². The van der Waals surface area contributed by atoms with Gasteiger partial charge in [0, 0.05) is 5.02 Å². The molecular weight excluding hydrogens is 476 g/mol. The van der Waals surface area contributed by atoms with Gasteiger partial charge in [-0.3, -0.25) is 9.52 Å². The summed E-state index contributed by atoms with van der Waals surface area (Å²) in [6.07, 6.45) is 4.71. The number of hydrogen-bond donors (Lipinski definition) is 2. The molecule has 0 aliphatic carbocycles. The van der Waals surface area contributed by atoms with E-state index in [1.54, 1.807) is 18.2 Å². The summed E-state index contributed by atoms with van der Waals surface area (Å²) in [6, 6.07) is 11.0. The van der Waals surface area contributed by atoms with E-state index < -0.39 is 21.2 Å². The van der Waals surface area contributed by atoms with Crippen molar-refractivity contribution in [1.29, 1.82) is 0 Å². The standard InChI is InChI=1S/C21H23ClN2O4S3/c1-2-3-4-5-6-18(20(25)26)29-21-23-17-12-9-15(13-19(17)30-21)24-31(27,28)16-10-7-14(22)8-11-16/h7-13,18,24H,2-6H2,1H3,(H,25,26). The van der Waals surface area contributed by atoms with Gasteiger partial charge in [-0.2, -0.15) is 0 Å². The summed E-state index contributed by atoms with van der Waals surface area (Å²) in [7, 11) is -3.74. The van der Waals surface area contributed by atoms with Gasteiger partial charge in [-0.15, -0.1) is 11.3 Å². The number of sulfonamides is 1. The number of anilines is 1. The average molecular weight is 499 g/mol. The number of aliphatic carboxylic acids is 1. The largest absolute Gasteiger partial charge is 0.480 e. The lowest BCUT2D eigenvalue weighted by atomic mass is 10.1. The molecular formula is C21H23ClN2O4S3. The number of thiazole rings is 1. The van der Waals surface area contributed by atoms with E-state index in [0.29, 0.717) is 27.0 Å². The predicted octanol–water partition coefficient (Wildman–Crippen LogP) is 6.27. The second-order valence-corrected chi connectivity index (χ2v) is 11.6. The van der Waals surface area contributed by atoms with Crippen LogP contribution in [0.15, 0.2) is 51.7 Å². The highest BCUT2D eigenvalue weighted by Crippen LogP contribution is 2.35. The molecule has 1 heterocycles. The number of fused-ring (bicyclic) bond motifs is 1. The molecule has 1 unspecified atom stereocenters. The number of unbranched alkanes of at least 4 members (excludes halogenated alkanes) is 3. The summed E-state index contributed by atoms with van der Waals surface area (Å²) in [5, 5.41) is 9.45. The van der Waals surface area contributed by atoms with Gasteiger partial charge in [-0.25, -0.2) is 13.4 Å². The Balaban J connectivity index is 1.73. The number of carboxylic acids is 1. The number of benzene rings is 2. The first-order valence-corrected chi connectivity index (χ1v) is 13.4. The lowest BCUT2D eigenvalue weighted by Gasteiger charge is -2.09. The van der Waals surface area contributed by atoms with Crippen LogP contribution in [0.2, 0.25) is 5.02 Å². The van der Waals surface area contributed by atoms with Crippen molar-refractivity contribution >= 4 is 66.6 Å². The van der Waals surface area contributed by atoms with Crippen LogP contribution >= 0.6 is 34.7 Å². The SMILES string of the molecule is CCCCCCC(Sc1nc2ccc(NS(=O)(=O)c3ccc(Cl)cc3)cc2s1)C(=O)O. The van der Waals surface area contributed by atoms with Crippen LogP contribution in [0, 0.1) is 0 Å². The van der Waals surface area contributed by atoms with Crippen molar-refractivity contribution in [2.24, 2.45) is 0 Å². The highest BCUT2D eigenvalue weighted by atomic mass is 35.5. The Morgan fingerprint density at radius 1 is 1.19 bits per heavy atom. The maximum absolute atomic E-state index is 12.6. The minimum atomic E-state index is -3.74. The van der Waals surface area contributed by atoms with E-state index >= 15 is 0 Å². The number of nitrogens with zero attached hydrogens (tertiary/aromatic N) is 1. The van der Waals surface area contributed by atoms with E-state index in [1.165, 1.54) is 47.4 Å². The van der Waals surface area contributed by atoms with Crippen LogP contribution in [0.25, 0.3) is 10.2 Å². The fraction of sp³-hybridized carbons (Fsp3) is 0.333. The summed E-state index contributed by atoms with van der Waals surface area (Å²) in [6.45, 7) is 2.12. The van der Waals surface area contributed by atoms with Gasteiger partial charge in [0.25, 0.3) is 10.0 Å². The zero-order valence-corrected chi connectivity index (χ0v) is 20.1. The Hall–Kier alpha value is -1.81. The van der Waals surface area contributed by atoms with Gasteiger partial charge < -0.3 is 5.11 Å². The van der Waals surface area contributed by atoms with E-state index in [1.807, 2.05) is 0 Å². The quantitative estimate of drug-likeness (QED) is 0.239. The van der Waals surface area contributed by atoms with Gasteiger partial charge in [0.1, 0.15) is 5.25 Å². The molecule has 31 heavy (non-hydrogen) atoms. The highest BCUT2D eigenvalue weighted by molar-refractivity contribution is 8.02. The average Bonchev–Trinajstić information content (AvgIpc) is 3.12. The molecule has 0 spiro atoms. The number of carbonyl (C=O) groups is 1. The Kier molecular flexibility index (Phi) is 8.21. The molecule has 0 radical (unpaired) electrons. The smallest absolute Gasteiger partial charge is 0.317 e. The third-order valence-corrected chi connectivity index (χ3v) is 8.60. The number of halogens is 1. The second-order valence-electron chi connectivity index (χ2n) is 7.02. The van der Waals surface area contributed by atoms with Crippen molar-refractivity contribution in [3.63, 3.8) is 0 Å². The molecule has 0 saturated heterocycles. The fourth-order valence-electron chi connectivity index (χ4n) is 2.96. The van der Waals surface area contributed by atoms with Gasteiger partial charge in [0.05, 0.1) is 20.8 Å². The van der Waals surface area contributed by atoms with E-state index in [0.717, 1.165) is 30.4 Å². The first-order valence-electron chi connectivity index (χ1n) is 9.87. The Labute approximate surface area is 195 Å². The molecule has 10 heteroatoms. The Morgan fingerprint density at radius 2 is 1.94 bits per heavy atom. The minimum Gasteiger partial charge on any atom is -0.480 e. The molecule has 0 amide bonds. The van der Waals surface area contributed by atoms with Crippen molar-refractivity contribution < 1.29 is 18.3 Å². The van der Waals surface area contributed by atoms with Gasteiger partial charge in [-0.05, 0) is 48.9 Å². The fourth-order valence-corrected chi connectivity index (χ4v) is 6.46. The van der Waals surface area contributed by atoms with Crippen molar-refractivity contribution in [3.8, 4) is 0 Å².